The number of carbonyl (C=O) groups is 2. The fourth-order valence-corrected chi connectivity index (χ4v) is 2.47. The van der Waals surface area contributed by atoms with E-state index in [1.54, 1.807) is 23.1 Å². The van der Waals surface area contributed by atoms with Crippen molar-refractivity contribution in [1.82, 2.24) is 0 Å². The lowest BCUT2D eigenvalue weighted by Crippen LogP contribution is -2.26. The molecule has 20 heavy (non-hydrogen) atoms. The highest BCUT2D eigenvalue weighted by atomic mass is 16.3. The Morgan fingerprint density at radius 2 is 2.10 bits per heavy atom. The number of primary amides is 1. The summed E-state index contributed by atoms with van der Waals surface area (Å²) in [5.41, 5.74) is 7.29. The number of amides is 2. The van der Waals surface area contributed by atoms with Gasteiger partial charge in [0, 0.05) is 19.2 Å². The molecule has 2 amide bonds. The van der Waals surface area contributed by atoms with Gasteiger partial charge in [-0.05, 0) is 23.6 Å². The minimum atomic E-state index is -1.23. The van der Waals surface area contributed by atoms with E-state index in [2.05, 4.69) is 0 Å². The molecule has 2 unspecified atom stereocenters. The van der Waals surface area contributed by atoms with Gasteiger partial charge in [-0.25, -0.2) is 0 Å². The van der Waals surface area contributed by atoms with Gasteiger partial charge in [-0.1, -0.05) is 12.1 Å². The van der Waals surface area contributed by atoms with Gasteiger partial charge in [-0.3, -0.25) is 9.59 Å². The number of anilines is 1. The smallest absolute Gasteiger partial charge is 0.223 e. The zero-order chi connectivity index (χ0) is 14.9. The Kier molecular flexibility index (Phi) is 4.06. The molecule has 6 nitrogen and oxygen atoms in total. The second-order valence-electron chi connectivity index (χ2n) is 4.99. The Labute approximate surface area is 116 Å². The Morgan fingerprint density at radius 1 is 1.40 bits per heavy atom. The van der Waals surface area contributed by atoms with Gasteiger partial charge in [-0.2, -0.15) is 0 Å². The van der Waals surface area contributed by atoms with Crippen LogP contribution in [0, 0.1) is 0 Å². The van der Waals surface area contributed by atoms with Crippen LogP contribution in [-0.4, -0.2) is 34.7 Å². The van der Waals surface area contributed by atoms with Crippen LogP contribution in [0.25, 0.3) is 0 Å². The standard InChI is InChI=1S/C14H18N2O4/c1-8(17)16-5-4-9-6-10(2-3-11(9)16)14(20)12(18)7-13(15)19/h2-3,6,12,14,18,20H,4-5,7H2,1H3,(H2,15,19). The molecule has 0 radical (unpaired) electrons. The fraction of sp³-hybridized carbons (Fsp3) is 0.429. The summed E-state index contributed by atoms with van der Waals surface area (Å²) in [5, 5.41) is 19.7. The van der Waals surface area contributed by atoms with Crippen molar-refractivity contribution in [3.63, 3.8) is 0 Å². The number of hydrogen-bond acceptors (Lipinski definition) is 4. The topological polar surface area (TPSA) is 104 Å². The molecule has 1 aromatic rings. The van der Waals surface area contributed by atoms with Crippen LogP contribution in [0.4, 0.5) is 5.69 Å². The highest BCUT2D eigenvalue weighted by Gasteiger charge is 2.25. The van der Waals surface area contributed by atoms with Crippen molar-refractivity contribution in [2.24, 2.45) is 5.73 Å². The molecule has 0 aliphatic carbocycles. The lowest BCUT2D eigenvalue weighted by Gasteiger charge is -2.19. The van der Waals surface area contributed by atoms with E-state index in [1.165, 1.54) is 6.92 Å². The molecule has 1 aliphatic rings. The van der Waals surface area contributed by atoms with Gasteiger partial charge in [0.05, 0.1) is 12.5 Å². The van der Waals surface area contributed by atoms with Crippen LogP contribution in [0.1, 0.15) is 30.6 Å². The van der Waals surface area contributed by atoms with Crippen LogP contribution in [0.15, 0.2) is 18.2 Å². The number of benzene rings is 1. The summed E-state index contributed by atoms with van der Waals surface area (Å²) < 4.78 is 0. The minimum absolute atomic E-state index is 0.0224. The molecular weight excluding hydrogens is 260 g/mol. The first-order valence-corrected chi connectivity index (χ1v) is 6.45. The molecule has 1 aliphatic heterocycles. The molecule has 0 saturated carbocycles. The number of carbonyl (C=O) groups excluding carboxylic acids is 2. The first-order valence-electron chi connectivity index (χ1n) is 6.45. The highest BCUT2D eigenvalue weighted by molar-refractivity contribution is 5.93. The van der Waals surface area contributed by atoms with Crippen molar-refractivity contribution in [3.05, 3.63) is 29.3 Å². The molecule has 0 fully saturated rings. The van der Waals surface area contributed by atoms with Crippen molar-refractivity contribution in [3.8, 4) is 0 Å². The summed E-state index contributed by atoms with van der Waals surface area (Å²) >= 11 is 0. The predicted octanol–water partition coefficient (Wildman–Crippen LogP) is -0.135. The molecule has 2 atom stereocenters. The second kappa shape index (κ2) is 5.60. The van der Waals surface area contributed by atoms with Gasteiger partial charge >= 0.3 is 0 Å². The van der Waals surface area contributed by atoms with E-state index >= 15 is 0 Å². The van der Waals surface area contributed by atoms with E-state index in [1.807, 2.05) is 0 Å². The first kappa shape index (κ1) is 14.5. The average Bonchev–Trinajstić information content (AvgIpc) is 2.79. The quantitative estimate of drug-likeness (QED) is 0.713. The maximum Gasteiger partial charge on any atom is 0.223 e. The zero-order valence-corrected chi connectivity index (χ0v) is 11.2. The maximum atomic E-state index is 11.4. The molecule has 0 saturated heterocycles. The van der Waals surface area contributed by atoms with Crippen LogP contribution in [0.5, 0.6) is 0 Å². The molecule has 6 heteroatoms. The largest absolute Gasteiger partial charge is 0.390 e. The highest BCUT2D eigenvalue weighted by Crippen LogP contribution is 2.31. The van der Waals surface area contributed by atoms with Gasteiger partial charge in [0.2, 0.25) is 11.8 Å². The molecule has 108 valence electrons. The number of rotatable bonds is 4. The minimum Gasteiger partial charge on any atom is -0.390 e. The molecule has 0 bridgehead atoms. The average molecular weight is 278 g/mol. The van der Waals surface area contributed by atoms with Crippen LogP contribution in [0.3, 0.4) is 0 Å². The number of aliphatic hydroxyl groups excluding tert-OH is 2. The van der Waals surface area contributed by atoms with E-state index in [0.29, 0.717) is 18.5 Å². The first-order chi connectivity index (χ1) is 9.40. The van der Waals surface area contributed by atoms with Crippen LogP contribution >= 0.6 is 0 Å². The molecule has 2 rings (SSSR count). The lowest BCUT2D eigenvalue weighted by atomic mass is 9.99. The fourth-order valence-electron chi connectivity index (χ4n) is 2.47. The molecule has 0 spiro atoms. The summed E-state index contributed by atoms with van der Waals surface area (Å²) in [5.74, 6) is -0.689. The lowest BCUT2D eigenvalue weighted by molar-refractivity contribution is -0.121. The number of hydrogen-bond donors (Lipinski definition) is 3. The SMILES string of the molecule is CC(=O)N1CCc2cc(C(O)C(O)CC(N)=O)ccc21. The van der Waals surface area contributed by atoms with Gasteiger partial charge in [0.15, 0.2) is 0 Å². The molecule has 1 heterocycles. The third-order valence-corrected chi connectivity index (χ3v) is 3.50. The number of fused-ring (bicyclic) bond motifs is 1. The van der Waals surface area contributed by atoms with Crippen molar-refractivity contribution in [1.29, 1.82) is 0 Å². The van der Waals surface area contributed by atoms with Crippen molar-refractivity contribution < 1.29 is 19.8 Å². The monoisotopic (exact) mass is 278 g/mol. The number of aliphatic hydroxyl groups is 2. The number of nitrogens with zero attached hydrogens (tertiary/aromatic N) is 1. The van der Waals surface area contributed by atoms with Gasteiger partial charge in [-0.15, -0.1) is 0 Å². The van der Waals surface area contributed by atoms with E-state index in [0.717, 1.165) is 11.3 Å². The third-order valence-electron chi connectivity index (χ3n) is 3.50. The van der Waals surface area contributed by atoms with Crippen molar-refractivity contribution >= 4 is 17.5 Å². The van der Waals surface area contributed by atoms with Gasteiger partial charge < -0.3 is 20.8 Å². The van der Waals surface area contributed by atoms with E-state index in [-0.39, 0.29) is 12.3 Å². The van der Waals surface area contributed by atoms with Crippen molar-refractivity contribution in [2.75, 3.05) is 11.4 Å². The third kappa shape index (κ3) is 2.81. The van der Waals surface area contributed by atoms with Gasteiger partial charge in [0.25, 0.3) is 0 Å². The zero-order valence-electron chi connectivity index (χ0n) is 11.2. The normalized spacial score (nSPS) is 16.6. The summed E-state index contributed by atoms with van der Waals surface area (Å²) in [4.78, 5) is 23.9. The van der Waals surface area contributed by atoms with Gasteiger partial charge in [0.1, 0.15) is 6.10 Å². The van der Waals surface area contributed by atoms with Crippen LogP contribution in [-0.2, 0) is 16.0 Å². The van der Waals surface area contributed by atoms with E-state index < -0.39 is 18.1 Å². The van der Waals surface area contributed by atoms with E-state index in [4.69, 9.17) is 5.73 Å². The Morgan fingerprint density at radius 3 is 2.70 bits per heavy atom. The predicted molar refractivity (Wildman–Crippen MR) is 73.0 cm³/mol. The number of nitrogens with two attached hydrogens (primary N) is 1. The van der Waals surface area contributed by atoms with Crippen LogP contribution in [0.2, 0.25) is 0 Å². The summed E-state index contributed by atoms with van der Waals surface area (Å²) in [7, 11) is 0. The Balaban J connectivity index is 2.20. The summed E-state index contributed by atoms with van der Waals surface area (Å²) in [6, 6.07) is 5.15. The maximum absolute atomic E-state index is 11.4. The molecule has 1 aromatic carbocycles. The van der Waals surface area contributed by atoms with E-state index in [9.17, 15) is 19.8 Å². The second-order valence-corrected chi connectivity index (χ2v) is 4.99. The Hall–Kier alpha value is -1.92. The molecule has 0 aromatic heterocycles. The summed E-state index contributed by atoms with van der Waals surface area (Å²) in [6.07, 6.45) is -1.98. The van der Waals surface area contributed by atoms with Crippen LogP contribution < -0.4 is 10.6 Å². The summed E-state index contributed by atoms with van der Waals surface area (Å²) in [6.45, 7) is 2.13. The van der Waals surface area contributed by atoms with Crippen molar-refractivity contribution in [2.45, 2.75) is 32.0 Å². The Bertz CT molecular complexity index is 544. The molecular formula is C14H18N2O4. The molecule has 4 N–H and O–H groups in total.